The highest BCUT2D eigenvalue weighted by atomic mass is 16.5. The molecule has 0 aromatic carbocycles. The van der Waals surface area contributed by atoms with Crippen molar-refractivity contribution in [2.45, 2.75) is 69.2 Å². The van der Waals surface area contributed by atoms with Crippen LogP contribution in [-0.2, 0) is 11.2 Å². The first kappa shape index (κ1) is 15.0. The predicted molar refractivity (Wildman–Crippen MR) is 84.6 cm³/mol. The van der Waals surface area contributed by atoms with Gasteiger partial charge in [-0.05, 0) is 38.5 Å². The molecule has 3 heterocycles. The number of carbonyl (C=O) groups is 1. The Labute approximate surface area is 145 Å². The fourth-order valence-corrected chi connectivity index (χ4v) is 3.45. The number of likely N-dealkylation sites (tertiary alicyclic amines) is 1. The smallest absolute Gasteiger partial charge is 0.229 e. The maximum Gasteiger partial charge on any atom is 0.229 e. The largest absolute Gasteiger partial charge is 0.339 e. The summed E-state index contributed by atoms with van der Waals surface area (Å²) < 4.78 is 10.6. The molecule has 1 saturated heterocycles. The maximum atomic E-state index is 12.7. The quantitative estimate of drug-likeness (QED) is 0.794. The first-order valence-corrected chi connectivity index (χ1v) is 9.23. The summed E-state index contributed by atoms with van der Waals surface area (Å²) in [5.74, 6) is 3.73. The van der Waals surface area contributed by atoms with Gasteiger partial charge in [-0.15, -0.1) is 0 Å². The van der Waals surface area contributed by atoms with E-state index in [0.29, 0.717) is 36.4 Å². The molecule has 3 aliphatic rings. The van der Waals surface area contributed by atoms with Crippen molar-refractivity contribution in [1.29, 1.82) is 0 Å². The van der Waals surface area contributed by atoms with Crippen LogP contribution in [0.4, 0.5) is 0 Å². The number of amides is 1. The molecule has 0 bridgehead atoms. The predicted octanol–water partition coefficient (Wildman–Crippen LogP) is 2.50. The third kappa shape index (κ3) is 3.05. The minimum absolute atomic E-state index is 0.0616. The minimum Gasteiger partial charge on any atom is -0.339 e. The van der Waals surface area contributed by atoms with Gasteiger partial charge in [0.15, 0.2) is 11.6 Å². The second-order valence-electron chi connectivity index (χ2n) is 7.33. The van der Waals surface area contributed by atoms with E-state index in [9.17, 15) is 4.79 Å². The van der Waals surface area contributed by atoms with E-state index < -0.39 is 0 Å². The van der Waals surface area contributed by atoms with Crippen LogP contribution in [-0.4, -0.2) is 37.6 Å². The number of aromatic nitrogens is 4. The van der Waals surface area contributed by atoms with Crippen LogP contribution in [0.15, 0.2) is 9.05 Å². The third-order valence-corrected chi connectivity index (χ3v) is 5.23. The molecular weight excluding hydrogens is 322 g/mol. The van der Waals surface area contributed by atoms with Crippen LogP contribution in [0.2, 0.25) is 0 Å². The highest BCUT2D eigenvalue weighted by Crippen LogP contribution is 2.40. The number of rotatable bonds is 6. The van der Waals surface area contributed by atoms with Crippen molar-refractivity contribution in [2.24, 2.45) is 0 Å². The van der Waals surface area contributed by atoms with Crippen molar-refractivity contribution in [3.63, 3.8) is 0 Å². The van der Waals surface area contributed by atoms with Crippen molar-refractivity contribution in [1.82, 2.24) is 25.2 Å². The third-order valence-electron chi connectivity index (χ3n) is 5.23. The molecule has 25 heavy (non-hydrogen) atoms. The molecule has 0 N–H and O–H groups in total. The molecule has 132 valence electrons. The van der Waals surface area contributed by atoms with E-state index in [-0.39, 0.29) is 11.9 Å². The normalized spacial score (nSPS) is 23.4. The lowest BCUT2D eigenvalue weighted by molar-refractivity contribution is -0.132. The molecule has 3 fully saturated rings. The average molecular weight is 343 g/mol. The van der Waals surface area contributed by atoms with Crippen LogP contribution in [0.3, 0.4) is 0 Å². The number of hydrogen-bond acceptors (Lipinski definition) is 7. The monoisotopic (exact) mass is 343 g/mol. The van der Waals surface area contributed by atoms with Crippen LogP contribution in [0.25, 0.3) is 0 Å². The van der Waals surface area contributed by atoms with Gasteiger partial charge in [-0.2, -0.15) is 9.97 Å². The zero-order valence-corrected chi connectivity index (χ0v) is 14.1. The van der Waals surface area contributed by atoms with Gasteiger partial charge >= 0.3 is 0 Å². The molecule has 2 aliphatic carbocycles. The van der Waals surface area contributed by atoms with Crippen molar-refractivity contribution < 1.29 is 13.8 Å². The standard InChI is InChI=1S/C17H21N5O3/c23-14(8-7-13-18-15(20-24-13)10-3-4-10)22-9-1-2-12(22)16-19-17(25-21-16)11-5-6-11/h10-12H,1-9H2/t12-/m1/s1. The van der Waals surface area contributed by atoms with E-state index in [0.717, 1.165) is 56.8 Å². The number of carbonyl (C=O) groups excluding carboxylic acids is 1. The lowest BCUT2D eigenvalue weighted by Crippen LogP contribution is -2.31. The molecule has 0 unspecified atom stereocenters. The lowest BCUT2D eigenvalue weighted by Gasteiger charge is -2.21. The molecule has 0 radical (unpaired) electrons. The van der Waals surface area contributed by atoms with Gasteiger partial charge in [0.05, 0.1) is 6.04 Å². The topological polar surface area (TPSA) is 98.2 Å². The molecule has 8 heteroatoms. The average Bonchev–Trinajstić information content (AvgIpc) is 3.49. The molecule has 5 rings (SSSR count). The number of nitrogens with zero attached hydrogens (tertiary/aromatic N) is 5. The minimum atomic E-state index is -0.0616. The summed E-state index contributed by atoms with van der Waals surface area (Å²) in [7, 11) is 0. The van der Waals surface area contributed by atoms with Crippen LogP contribution >= 0.6 is 0 Å². The van der Waals surface area contributed by atoms with Gasteiger partial charge in [0, 0.05) is 31.2 Å². The van der Waals surface area contributed by atoms with Gasteiger partial charge in [0.25, 0.3) is 0 Å². The molecule has 1 amide bonds. The molecule has 2 aromatic rings. The van der Waals surface area contributed by atoms with E-state index in [1.807, 2.05) is 4.90 Å². The molecular formula is C17H21N5O3. The van der Waals surface area contributed by atoms with Gasteiger partial charge in [-0.25, -0.2) is 0 Å². The first-order valence-electron chi connectivity index (χ1n) is 9.23. The fourth-order valence-electron chi connectivity index (χ4n) is 3.45. The lowest BCUT2D eigenvalue weighted by atomic mass is 10.2. The zero-order valence-electron chi connectivity index (χ0n) is 14.1. The fraction of sp³-hybridized carbons (Fsp3) is 0.706. The van der Waals surface area contributed by atoms with Crippen molar-refractivity contribution in [3.05, 3.63) is 23.4 Å². The maximum absolute atomic E-state index is 12.7. The summed E-state index contributed by atoms with van der Waals surface area (Å²) in [5, 5.41) is 8.12. The SMILES string of the molecule is O=C(CCc1nc(C2CC2)no1)N1CCC[C@@H]1c1noc(C2CC2)n1. The van der Waals surface area contributed by atoms with Gasteiger partial charge in [-0.1, -0.05) is 10.3 Å². The first-order chi connectivity index (χ1) is 12.3. The van der Waals surface area contributed by atoms with Crippen LogP contribution in [0.1, 0.15) is 86.3 Å². The van der Waals surface area contributed by atoms with Crippen LogP contribution < -0.4 is 0 Å². The van der Waals surface area contributed by atoms with E-state index >= 15 is 0 Å². The van der Waals surface area contributed by atoms with E-state index in [1.54, 1.807) is 0 Å². The van der Waals surface area contributed by atoms with Gasteiger partial charge < -0.3 is 13.9 Å². The van der Waals surface area contributed by atoms with Crippen molar-refractivity contribution >= 4 is 5.91 Å². The molecule has 2 aromatic heterocycles. The van der Waals surface area contributed by atoms with Crippen molar-refractivity contribution in [2.75, 3.05) is 6.54 Å². The van der Waals surface area contributed by atoms with E-state index in [4.69, 9.17) is 9.05 Å². The second-order valence-corrected chi connectivity index (χ2v) is 7.33. The van der Waals surface area contributed by atoms with E-state index in [2.05, 4.69) is 20.3 Å². The summed E-state index contributed by atoms with van der Waals surface area (Å²) in [5.41, 5.74) is 0. The zero-order chi connectivity index (χ0) is 16.8. The summed E-state index contributed by atoms with van der Waals surface area (Å²) in [6, 6.07) is -0.0616. The van der Waals surface area contributed by atoms with Crippen molar-refractivity contribution in [3.8, 4) is 0 Å². The Bertz CT molecular complexity index is 777. The molecule has 8 nitrogen and oxygen atoms in total. The Balaban J connectivity index is 1.21. The Morgan fingerprint density at radius 1 is 1.00 bits per heavy atom. The van der Waals surface area contributed by atoms with Crippen LogP contribution in [0, 0.1) is 0 Å². The summed E-state index contributed by atoms with van der Waals surface area (Å²) in [4.78, 5) is 23.4. The highest BCUT2D eigenvalue weighted by Gasteiger charge is 2.36. The summed E-state index contributed by atoms with van der Waals surface area (Å²) in [6.07, 6.45) is 7.25. The summed E-state index contributed by atoms with van der Waals surface area (Å²) >= 11 is 0. The van der Waals surface area contributed by atoms with Gasteiger partial charge in [0.2, 0.25) is 17.7 Å². The number of aryl methyl sites for hydroxylation is 1. The van der Waals surface area contributed by atoms with Gasteiger partial charge in [0.1, 0.15) is 0 Å². The van der Waals surface area contributed by atoms with Crippen LogP contribution in [0.5, 0.6) is 0 Å². The Hall–Kier alpha value is -2.25. The highest BCUT2D eigenvalue weighted by molar-refractivity contribution is 5.77. The molecule has 2 saturated carbocycles. The summed E-state index contributed by atoms with van der Waals surface area (Å²) in [6.45, 7) is 0.744. The Kier molecular flexibility index (Phi) is 3.57. The second kappa shape index (κ2) is 5.93. The van der Waals surface area contributed by atoms with Gasteiger partial charge in [-0.3, -0.25) is 4.79 Å². The molecule has 1 aliphatic heterocycles. The van der Waals surface area contributed by atoms with E-state index in [1.165, 1.54) is 0 Å². The Morgan fingerprint density at radius 3 is 2.60 bits per heavy atom. The Morgan fingerprint density at radius 2 is 1.80 bits per heavy atom. The molecule has 0 spiro atoms. The molecule has 1 atom stereocenters. The number of hydrogen-bond donors (Lipinski definition) is 0.